The first-order valence-corrected chi connectivity index (χ1v) is 24.2. The van der Waals surface area contributed by atoms with Gasteiger partial charge in [0, 0.05) is 150 Å². The lowest BCUT2D eigenvalue weighted by Gasteiger charge is -2.05. The van der Waals surface area contributed by atoms with Gasteiger partial charge in [0.05, 0.1) is 24.4 Å². The zero-order valence-corrected chi connectivity index (χ0v) is 45.9. The quantitative estimate of drug-likeness (QED) is 0.139. The van der Waals surface area contributed by atoms with Crippen molar-refractivity contribution >= 4 is 11.3 Å². The number of oxazole rings is 1. The van der Waals surface area contributed by atoms with Crippen LogP contribution in [0.2, 0.25) is 0 Å². The van der Waals surface area contributed by atoms with Gasteiger partial charge in [0.1, 0.15) is 45.4 Å². The summed E-state index contributed by atoms with van der Waals surface area (Å²) in [5.74, 6) is 1.14. The maximum atomic E-state index is 7.35. The number of aryl methyl sites for hydroxylation is 8. The zero-order chi connectivity index (χ0) is 81.6. The largest absolute Gasteiger partial charge is 0.446 e. The Balaban J connectivity index is 0.000000596. The van der Waals surface area contributed by atoms with E-state index in [2.05, 4.69) is 61.0 Å². The monoisotopic (exact) mass is 1070 g/mol. The first-order chi connectivity index (χ1) is 46.6. The van der Waals surface area contributed by atoms with E-state index in [0.717, 1.165) is 50.7 Å². The molecule has 0 aliphatic carbocycles. The minimum atomic E-state index is -2.58. The average molecular weight is 1070 g/mol. The van der Waals surface area contributed by atoms with Gasteiger partial charge < -0.3 is 22.7 Å². The smallest absolute Gasteiger partial charge is 0.191 e. The summed E-state index contributed by atoms with van der Waals surface area (Å²) in [6, 6.07) is 0. The first kappa shape index (κ1) is 31.6. The Morgan fingerprint density at radius 3 is 1.61 bits per heavy atom. The Kier molecular flexibility index (Phi) is 14.1. The van der Waals surface area contributed by atoms with Crippen molar-refractivity contribution in [3.8, 4) is 0 Å². The summed E-state index contributed by atoms with van der Waals surface area (Å²) in [7, 11) is 0. The van der Waals surface area contributed by atoms with Crippen molar-refractivity contribution < 1.29 is 45.5 Å². The SMILES string of the molecule is [2H]C([2H])([2H])c1ncc(C(C)C)n1C([2H])([2H])[2H].[2H]C([2H])([2H])c1ncc(C(C)C)o1.[2H]C([2H])([2H])c1nnc(C(C)C)n1C([2H])([2H])[2H].[2H]C([2H])([2H])c1nnc(C(C)C)s1.[2H]C([2H])([2H])n1cc(C(C)C)cn1.[2H]C([2H])([2H])n1cc(C(C)C)nn1.[2H]C([2H])([2H])n1cncc1C(C)C.[2H]C([2H])([2H])n1cnnc1C(C)C. The molecule has 8 heterocycles. The zero-order valence-electron chi connectivity index (χ0n) is 75.1. The van der Waals surface area contributed by atoms with E-state index >= 15 is 0 Å². The second-order valence-corrected chi connectivity index (χ2v) is 19.4. The van der Waals surface area contributed by atoms with E-state index in [1.165, 1.54) is 35.8 Å². The highest BCUT2D eigenvalue weighted by Crippen LogP contribution is 2.18. The fourth-order valence-corrected chi connectivity index (χ4v) is 5.61. The van der Waals surface area contributed by atoms with Crippen LogP contribution in [0, 0.1) is 27.4 Å². The Morgan fingerprint density at radius 1 is 0.500 bits per heavy atom. The van der Waals surface area contributed by atoms with Gasteiger partial charge in [0.15, 0.2) is 5.89 Å². The van der Waals surface area contributed by atoms with E-state index in [9.17, 15) is 0 Å². The molecule has 0 aromatic carbocycles. The van der Waals surface area contributed by atoms with Crippen LogP contribution in [0.15, 0.2) is 54.3 Å². The van der Waals surface area contributed by atoms with E-state index in [-0.39, 0.29) is 64.0 Å². The number of hydrogen-bond donors (Lipinski definition) is 0. The third kappa shape index (κ3) is 23.8. The van der Waals surface area contributed by atoms with Gasteiger partial charge in [0.25, 0.3) is 0 Å². The normalized spacial score (nSPS) is 18.4. The Labute approximate surface area is 490 Å². The van der Waals surface area contributed by atoms with E-state index in [1.807, 2.05) is 83.1 Å². The third-order valence-corrected chi connectivity index (χ3v) is 10.4. The molecule has 8 aromatic rings. The van der Waals surface area contributed by atoms with Crippen LogP contribution in [0.1, 0.15) is 267 Å². The molecule has 0 N–H and O–H groups in total. The molecule has 412 valence electrons. The molecule has 8 aromatic heterocycles. The van der Waals surface area contributed by atoms with Crippen molar-refractivity contribution in [1.29, 1.82) is 0 Å². The lowest BCUT2D eigenvalue weighted by Crippen LogP contribution is -2.00. The summed E-state index contributed by atoms with van der Waals surface area (Å²) in [6.45, 7) is 7.21. The molecule has 0 spiro atoms. The molecular formula is C54H94N18OS. The first-order valence-electron chi connectivity index (χ1n) is 38.3. The fraction of sp³-hybridized carbons (Fsp3) is 0.630. The number of nitrogens with zero attached hydrogens (tertiary/aromatic N) is 18. The van der Waals surface area contributed by atoms with E-state index in [1.54, 1.807) is 46.3 Å². The van der Waals surface area contributed by atoms with Gasteiger partial charge in [-0.3, -0.25) is 9.36 Å². The highest BCUT2D eigenvalue weighted by molar-refractivity contribution is 7.11. The summed E-state index contributed by atoms with van der Waals surface area (Å²) < 4.78 is 226. The standard InChI is InChI=1S/C8H14N2.C7H13N3.2C7H12N2.C7H11NO.2C6H11N3.C6H10N2S/c1-6(2)8-5-9-7(3)10(8)4;1-5(2)7-9-8-6(3)10(7)4;1-6(2)7-4-8-5-9(7)3;1-6(2)7-4-8-9(3)5-7;1-5(2)7-4-8-6(3)9-7;1-5(2)6-8-7-4-9(6)3;1-5(2)6-4-9(3)8-7-6;1-4(2)6-8-7-5(3)9-6/h5-6H,1-4H3;5H,1-4H3;2*4-6H,1-3H3;3*4-5H,1-3H3;4H,1-3H3/i2*3D3,4D3;6*3D3. The van der Waals surface area contributed by atoms with Gasteiger partial charge in [-0.15, -0.1) is 47.0 Å². The topological polar surface area (TPSA) is 197 Å². The predicted octanol–water partition coefficient (Wildman–Crippen LogP) is 12.1. The van der Waals surface area contributed by atoms with Crippen LogP contribution in [-0.4, -0.2) is 88.6 Å². The molecule has 74 heavy (non-hydrogen) atoms. The van der Waals surface area contributed by atoms with Crippen LogP contribution in [0.4, 0.5) is 0 Å². The average Bonchev–Trinajstić information content (AvgIpc) is 1.62. The number of hydrogen-bond acceptors (Lipinski definition) is 14. The van der Waals surface area contributed by atoms with Crippen LogP contribution in [0.25, 0.3) is 0 Å². The highest BCUT2D eigenvalue weighted by Gasteiger charge is 2.09. The Morgan fingerprint density at radius 2 is 1.20 bits per heavy atom. The van der Waals surface area contributed by atoms with Gasteiger partial charge >= 0.3 is 0 Å². The summed E-state index contributed by atoms with van der Waals surface area (Å²) >= 11 is 1.16. The maximum absolute atomic E-state index is 7.35. The molecule has 0 saturated heterocycles. The minimum absolute atomic E-state index is 0.0768. The van der Waals surface area contributed by atoms with Gasteiger partial charge in [-0.2, -0.15) is 5.10 Å². The van der Waals surface area contributed by atoms with Crippen LogP contribution < -0.4 is 0 Å². The van der Waals surface area contributed by atoms with Crippen molar-refractivity contribution in [3.05, 3.63) is 117 Å². The molecule has 0 amide bonds. The van der Waals surface area contributed by atoms with Gasteiger partial charge in [-0.25, -0.2) is 15.0 Å². The molecule has 0 saturated carbocycles. The highest BCUT2D eigenvalue weighted by atomic mass is 32.1. The van der Waals surface area contributed by atoms with Crippen molar-refractivity contribution in [2.45, 2.75) is 186 Å². The molecule has 19 nitrogen and oxygen atoms in total. The summed E-state index contributed by atoms with van der Waals surface area (Å²) in [5, 5.41) is 33.7. The molecule has 20 heteroatoms. The predicted molar refractivity (Wildman–Crippen MR) is 301 cm³/mol. The molecule has 0 radical (unpaired) electrons. The van der Waals surface area contributed by atoms with E-state index in [0.29, 0.717) is 28.9 Å². The molecule has 0 aliphatic heterocycles. The summed E-state index contributed by atoms with van der Waals surface area (Å²) in [4.78, 5) is 11.2. The second-order valence-electron chi connectivity index (χ2n) is 18.4. The summed E-state index contributed by atoms with van der Waals surface area (Å²) in [6.07, 6.45) is 11.6. The van der Waals surface area contributed by atoms with Crippen LogP contribution >= 0.6 is 11.3 Å². The third-order valence-electron chi connectivity index (χ3n) is 9.33. The second kappa shape index (κ2) is 32.9. The lowest BCUT2D eigenvalue weighted by molar-refractivity contribution is 0.456. The minimum Gasteiger partial charge on any atom is -0.446 e. The van der Waals surface area contributed by atoms with Crippen LogP contribution in [0.5, 0.6) is 0 Å². The molecule has 8 rings (SSSR count). The van der Waals surface area contributed by atoms with Crippen molar-refractivity contribution in [3.63, 3.8) is 0 Å². The lowest BCUT2D eigenvalue weighted by atomic mass is 10.1. The fourth-order valence-electron chi connectivity index (χ4n) is 5.01. The van der Waals surface area contributed by atoms with Gasteiger partial charge in [-0.05, 0) is 49.8 Å². The number of rotatable bonds is 8. The number of aromatic nitrogens is 18. The summed E-state index contributed by atoms with van der Waals surface area (Å²) in [5.41, 5.74) is 2.80. The van der Waals surface area contributed by atoms with Crippen molar-refractivity contribution in [1.82, 2.24) is 88.6 Å². The molecule has 0 aliphatic rings. The Bertz CT molecular complexity index is 3430. The number of imidazole rings is 2. The van der Waals surface area contributed by atoms with Gasteiger partial charge in [-0.1, -0.05) is 116 Å². The molecule has 0 bridgehead atoms. The van der Waals surface area contributed by atoms with Crippen molar-refractivity contribution in [2.24, 2.45) is 41.9 Å². The Hall–Kier alpha value is -6.18. The maximum Gasteiger partial charge on any atom is 0.191 e. The van der Waals surface area contributed by atoms with Crippen LogP contribution in [-0.2, 0) is 41.9 Å². The van der Waals surface area contributed by atoms with Crippen molar-refractivity contribution in [2.75, 3.05) is 0 Å². The van der Waals surface area contributed by atoms with E-state index in [4.69, 9.17) is 45.5 Å². The molecule has 0 atom stereocenters. The van der Waals surface area contributed by atoms with E-state index < -0.39 is 75.1 Å². The van der Waals surface area contributed by atoms with Gasteiger partial charge in [0.2, 0.25) is 0 Å². The molecular weight excluding hydrogens is 949 g/mol. The molecule has 0 fully saturated rings. The van der Waals surface area contributed by atoms with Crippen LogP contribution in [0.3, 0.4) is 0 Å². The molecule has 0 unspecified atom stereocenters.